The van der Waals surface area contributed by atoms with E-state index in [4.69, 9.17) is 0 Å². The molecule has 20 heavy (non-hydrogen) atoms. The molecule has 0 bridgehead atoms. The Labute approximate surface area is 127 Å². The van der Waals surface area contributed by atoms with Crippen LogP contribution < -0.4 is 5.32 Å². The average molecular weight is 319 g/mol. The molecule has 4 nitrogen and oxygen atoms in total. The van der Waals surface area contributed by atoms with Crippen molar-refractivity contribution in [2.24, 2.45) is 5.92 Å². The molecule has 1 heterocycles. The first-order valence-electron chi connectivity index (χ1n) is 6.93. The Bertz CT molecular complexity index is 533. The van der Waals surface area contributed by atoms with Crippen molar-refractivity contribution in [3.63, 3.8) is 0 Å². The standard InChI is InChI=1S/C14H26N2O2S2/c1-10(2)9-16(6)20(17,18)14-7-12(5)13(19-14)8-15-11(3)4/h7,10-11,15H,8-9H2,1-6H3. The average Bonchev–Trinajstić information content (AvgIpc) is 2.67. The van der Waals surface area contributed by atoms with Gasteiger partial charge in [0.05, 0.1) is 0 Å². The van der Waals surface area contributed by atoms with Gasteiger partial charge in [-0.2, -0.15) is 4.31 Å². The number of thiophene rings is 1. The summed E-state index contributed by atoms with van der Waals surface area (Å²) < 4.78 is 26.9. The van der Waals surface area contributed by atoms with E-state index in [1.165, 1.54) is 15.6 Å². The molecule has 0 aromatic carbocycles. The second kappa shape index (κ2) is 7.02. The minimum absolute atomic E-state index is 0.318. The van der Waals surface area contributed by atoms with Crippen LogP contribution in [0.3, 0.4) is 0 Å². The summed E-state index contributed by atoms with van der Waals surface area (Å²) in [6.45, 7) is 11.4. The number of sulfonamides is 1. The highest BCUT2D eigenvalue weighted by Crippen LogP contribution is 2.28. The molecule has 1 N–H and O–H groups in total. The van der Waals surface area contributed by atoms with Gasteiger partial charge in [-0.25, -0.2) is 8.42 Å². The quantitative estimate of drug-likeness (QED) is 0.841. The number of hydrogen-bond donors (Lipinski definition) is 1. The van der Waals surface area contributed by atoms with E-state index in [1.807, 2.05) is 20.8 Å². The van der Waals surface area contributed by atoms with Crippen molar-refractivity contribution in [1.82, 2.24) is 9.62 Å². The second-order valence-corrected chi connectivity index (χ2v) is 9.30. The Morgan fingerprint density at radius 3 is 2.40 bits per heavy atom. The summed E-state index contributed by atoms with van der Waals surface area (Å²) in [5.41, 5.74) is 1.04. The van der Waals surface area contributed by atoms with Crippen LogP contribution in [-0.4, -0.2) is 32.4 Å². The van der Waals surface area contributed by atoms with Crippen LogP contribution in [0.2, 0.25) is 0 Å². The minimum Gasteiger partial charge on any atom is -0.310 e. The molecule has 0 fully saturated rings. The number of nitrogens with one attached hydrogen (secondary N) is 1. The molecule has 0 saturated heterocycles. The maximum absolute atomic E-state index is 12.5. The Hall–Kier alpha value is -0.430. The molecule has 0 atom stereocenters. The van der Waals surface area contributed by atoms with Crippen molar-refractivity contribution in [2.75, 3.05) is 13.6 Å². The number of rotatable bonds is 7. The van der Waals surface area contributed by atoms with Gasteiger partial charge in [0, 0.05) is 31.1 Å². The van der Waals surface area contributed by atoms with Gasteiger partial charge in [-0.3, -0.25) is 0 Å². The summed E-state index contributed by atoms with van der Waals surface area (Å²) in [7, 11) is -1.70. The fraction of sp³-hybridized carbons (Fsp3) is 0.714. The van der Waals surface area contributed by atoms with Gasteiger partial charge < -0.3 is 5.32 Å². The van der Waals surface area contributed by atoms with Gasteiger partial charge in [-0.1, -0.05) is 27.7 Å². The summed E-state index contributed by atoms with van der Waals surface area (Å²) in [5, 5.41) is 3.33. The van der Waals surface area contributed by atoms with Crippen molar-refractivity contribution in [2.45, 2.75) is 51.4 Å². The normalized spacial score (nSPS) is 12.8. The Morgan fingerprint density at radius 1 is 1.30 bits per heavy atom. The molecule has 0 aliphatic rings. The lowest BCUT2D eigenvalue weighted by atomic mass is 10.2. The van der Waals surface area contributed by atoms with Crippen molar-refractivity contribution in [1.29, 1.82) is 0 Å². The third kappa shape index (κ3) is 4.55. The monoisotopic (exact) mass is 318 g/mol. The highest BCUT2D eigenvalue weighted by Gasteiger charge is 2.24. The summed E-state index contributed by atoms with van der Waals surface area (Å²) in [5.74, 6) is 0.318. The van der Waals surface area contributed by atoms with E-state index in [-0.39, 0.29) is 0 Å². The Kier molecular flexibility index (Phi) is 6.19. The van der Waals surface area contributed by atoms with Crippen LogP contribution in [0.25, 0.3) is 0 Å². The first kappa shape index (κ1) is 17.6. The molecule has 0 aliphatic heterocycles. The lowest BCUT2D eigenvalue weighted by Crippen LogP contribution is -2.29. The zero-order chi connectivity index (χ0) is 15.5. The van der Waals surface area contributed by atoms with Crippen molar-refractivity contribution in [3.05, 3.63) is 16.5 Å². The Balaban J connectivity index is 2.94. The topological polar surface area (TPSA) is 49.4 Å². The molecule has 1 aromatic heterocycles. The molecule has 6 heteroatoms. The van der Waals surface area contributed by atoms with Crippen LogP contribution in [-0.2, 0) is 16.6 Å². The maximum Gasteiger partial charge on any atom is 0.252 e. The predicted molar refractivity (Wildman–Crippen MR) is 85.7 cm³/mol. The van der Waals surface area contributed by atoms with E-state index < -0.39 is 10.0 Å². The minimum atomic E-state index is -3.35. The summed E-state index contributed by atoms with van der Waals surface area (Å²) in [6.07, 6.45) is 0. The molecule has 0 spiro atoms. The van der Waals surface area contributed by atoms with Crippen LogP contribution >= 0.6 is 11.3 Å². The maximum atomic E-state index is 12.5. The first-order chi connectivity index (χ1) is 9.14. The second-order valence-electron chi connectivity index (χ2n) is 5.89. The van der Waals surface area contributed by atoms with Crippen LogP contribution in [0, 0.1) is 12.8 Å². The summed E-state index contributed by atoms with van der Waals surface area (Å²) >= 11 is 1.37. The fourth-order valence-corrected chi connectivity index (χ4v) is 4.94. The number of nitrogens with zero attached hydrogens (tertiary/aromatic N) is 1. The Morgan fingerprint density at radius 2 is 1.90 bits per heavy atom. The summed E-state index contributed by atoms with van der Waals surface area (Å²) in [4.78, 5) is 1.09. The van der Waals surface area contributed by atoms with Gasteiger partial charge in [0.15, 0.2) is 0 Å². The molecule has 1 rings (SSSR count). The van der Waals surface area contributed by atoms with E-state index in [2.05, 4.69) is 19.2 Å². The molecule has 0 unspecified atom stereocenters. The number of aryl methyl sites for hydroxylation is 1. The highest BCUT2D eigenvalue weighted by molar-refractivity contribution is 7.91. The van der Waals surface area contributed by atoms with Gasteiger partial charge in [0.25, 0.3) is 10.0 Å². The van der Waals surface area contributed by atoms with Crippen LogP contribution in [0.1, 0.15) is 38.1 Å². The molecular formula is C14H26N2O2S2. The van der Waals surface area contributed by atoms with E-state index in [0.29, 0.717) is 22.7 Å². The third-order valence-electron chi connectivity index (χ3n) is 2.96. The molecule has 0 radical (unpaired) electrons. The van der Waals surface area contributed by atoms with Crippen LogP contribution in [0.5, 0.6) is 0 Å². The predicted octanol–water partition coefficient (Wildman–Crippen LogP) is 2.83. The van der Waals surface area contributed by atoms with Crippen molar-refractivity contribution in [3.8, 4) is 0 Å². The molecular weight excluding hydrogens is 292 g/mol. The van der Waals surface area contributed by atoms with Crippen LogP contribution in [0.15, 0.2) is 10.3 Å². The smallest absolute Gasteiger partial charge is 0.252 e. The lowest BCUT2D eigenvalue weighted by Gasteiger charge is -2.17. The van der Waals surface area contributed by atoms with E-state index in [1.54, 1.807) is 13.1 Å². The first-order valence-corrected chi connectivity index (χ1v) is 9.19. The molecule has 0 saturated carbocycles. The van der Waals surface area contributed by atoms with Gasteiger partial charge in [-0.05, 0) is 24.5 Å². The molecule has 1 aromatic rings. The van der Waals surface area contributed by atoms with Crippen molar-refractivity contribution >= 4 is 21.4 Å². The van der Waals surface area contributed by atoms with E-state index >= 15 is 0 Å². The fourth-order valence-electron chi connectivity index (χ4n) is 1.85. The zero-order valence-electron chi connectivity index (χ0n) is 13.2. The van der Waals surface area contributed by atoms with Gasteiger partial charge in [-0.15, -0.1) is 11.3 Å². The van der Waals surface area contributed by atoms with Gasteiger partial charge in [0.1, 0.15) is 4.21 Å². The largest absolute Gasteiger partial charge is 0.310 e. The number of hydrogen-bond acceptors (Lipinski definition) is 4. The van der Waals surface area contributed by atoms with E-state index in [0.717, 1.165) is 17.0 Å². The van der Waals surface area contributed by atoms with Crippen molar-refractivity contribution < 1.29 is 8.42 Å². The SMILES string of the molecule is Cc1cc(S(=O)(=O)N(C)CC(C)C)sc1CNC(C)C. The highest BCUT2D eigenvalue weighted by atomic mass is 32.2. The lowest BCUT2D eigenvalue weighted by molar-refractivity contribution is 0.418. The van der Waals surface area contributed by atoms with Crippen LogP contribution in [0.4, 0.5) is 0 Å². The molecule has 0 aliphatic carbocycles. The molecule has 0 amide bonds. The van der Waals surface area contributed by atoms with Gasteiger partial charge in [0.2, 0.25) is 0 Å². The third-order valence-corrected chi connectivity index (χ3v) is 6.47. The zero-order valence-corrected chi connectivity index (χ0v) is 14.9. The molecule has 116 valence electrons. The van der Waals surface area contributed by atoms with Gasteiger partial charge >= 0.3 is 0 Å². The summed E-state index contributed by atoms with van der Waals surface area (Å²) in [6, 6.07) is 2.17. The van der Waals surface area contributed by atoms with E-state index in [9.17, 15) is 8.42 Å².